The summed E-state index contributed by atoms with van der Waals surface area (Å²) in [6.45, 7) is 0. The van der Waals surface area contributed by atoms with E-state index in [0.717, 1.165) is 39.0 Å². The zero-order valence-corrected chi connectivity index (χ0v) is 15.1. The first-order chi connectivity index (χ1) is 12.4. The van der Waals surface area contributed by atoms with Gasteiger partial charge in [0.05, 0.1) is 23.4 Å². The van der Waals surface area contributed by atoms with E-state index >= 15 is 0 Å². The van der Waals surface area contributed by atoms with Crippen LogP contribution in [0.25, 0.3) is 10.9 Å². The minimum absolute atomic E-state index is 0.276. The average Bonchev–Trinajstić information content (AvgIpc) is 3.04. The molecule has 0 aliphatic heterocycles. The van der Waals surface area contributed by atoms with Crippen molar-refractivity contribution in [1.29, 1.82) is 0 Å². The number of fused-ring (bicyclic) bond motifs is 2. The molecule has 0 saturated carbocycles. The van der Waals surface area contributed by atoms with Crippen molar-refractivity contribution in [3.05, 3.63) is 77.5 Å². The van der Waals surface area contributed by atoms with Crippen LogP contribution in [0, 0.1) is 0 Å². The summed E-state index contributed by atoms with van der Waals surface area (Å²) in [6, 6.07) is 16.4. The van der Waals surface area contributed by atoms with Gasteiger partial charge in [0.25, 0.3) is 5.91 Å². The lowest BCUT2D eigenvalue weighted by molar-refractivity contribution is 0.0821. The molecule has 1 atom stereocenters. The molecular weight excluding hydrogens is 348 g/mol. The van der Waals surface area contributed by atoms with E-state index in [-0.39, 0.29) is 5.56 Å². The fourth-order valence-corrected chi connectivity index (χ4v) is 4.70. The molecule has 0 bridgehead atoms. The number of benzene rings is 2. The van der Waals surface area contributed by atoms with Crippen LogP contribution in [0.1, 0.15) is 33.9 Å². The van der Waals surface area contributed by atoms with E-state index in [9.17, 15) is 13.2 Å². The fourth-order valence-electron chi connectivity index (χ4n) is 3.62. The van der Waals surface area contributed by atoms with E-state index in [1.807, 2.05) is 48.5 Å². The molecule has 1 amide bonds. The first-order valence-corrected chi connectivity index (χ1v) is 10.3. The number of nitrogens with zero attached hydrogens (tertiary/aromatic N) is 2. The van der Waals surface area contributed by atoms with E-state index in [4.69, 9.17) is 0 Å². The van der Waals surface area contributed by atoms with Crippen molar-refractivity contribution in [1.82, 2.24) is 9.29 Å². The Kier molecular flexibility index (Phi) is 4.00. The summed E-state index contributed by atoms with van der Waals surface area (Å²) in [5.41, 5.74) is 3.04. The highest BCUT2D eigenvalue weighted by molar-refractivity contribution is 7.88. The third-order valence-electron chi connectivity index (χ3n) is 4.78. The van der Waals surface area contributed by atoms with Crippen LogP contribution < -0.4 is 0 Å². The number of hydrogen-bond donors (Lipinski definition) is 0. The predicted octanol–water partition coefficient (Wildman–Crippen LogP) is 3.32. The van der Waals surface area contributed by atoms with Crippen LogP contribution in [0.4, 0.5) is 0 Å². The summed E-state index contributed by atoms with van der Waals surface area (Å²) in [5.74, 6) is -0.535. The van der Waals surface area contributed by atoms with Crippen LogP contribution in [0.2, 0.25) is 0 Å². The van der Waals surface area contributed by atoms with Crippen molar-refractivity contribution in [3.8, 4) is 0 Å². The molecular formula is C20H18N2O3S. The summed E-state index contributed by atoms with van der Waals surface area (Å²) in [6.07, 6.45) is 3.89. The van der Waals surface area contributed by atoms with Gasteiger partial charge in [-0.15, -0.1) is 0 Å². The van der Waals surface area contributed by atoms with E-state index < -0.39 is 22.0 Å². The van der Waals surface area contributed by atoms with Crippen molar-refractivity contribution in [2.75, 3.05) is 6.26 Å². The molecule has 0 radical (unpaired) electrons. The molecule has 0 saturated heterocycles. The lowest BCUT2D eigenvalue weighted by atomic mass is 10.1. The highest BCUT2D eigenvalue weighted by Gasteiger charge is 2.37. The van der Waals surface area contributed by atoms with Gasteiger partial charge in [0.1, 0.15) is 0 Å². The van der Waals surface area contributed by atoms with Crippen molar-refractivity contribution in [2.24, 2.45) is 0 Å². The molecule has 132 valence electrons. The van der Waals surface area contributed by atoms with Crippen LogP contribution >= 0.6 is 0 Å². The molecule has 6 heteroatoms. The number of aromatic nitrogens is 1. The zero-order valence-electron chi connectivity index (χ0n) is 14.3. The maximum atomic E-state index is 13.1. The number of para-hydroxylation sites is 1. The van der Waals surface area contributed by atoms with E-state index in [2.05, 4.69) is 4.98 Å². The van der Waals surface area contributed by atoms with Crippen LogP contribution in [0.5, 0.6) is 0 Å². The second-order valence-electron chi connectivity index (χ2n) is 6.53. The Morgan fingerprint density at radius 1 is 1.12 bits per heavy atom. The maximum absolute atomic E-state index is 13.1. The number of sulfonamides is 1. The number of carbonyl (C=O) groups is 1. The van der Waals surface area contributed by atoms with Crippen molar-refractivity contribution < 1.29 is 13.2 Å². The molecule has 3 aromatic rings. The highest BCUT2D eigenvalue weighted by atomic mass is 32.2. The van der Waals surface area contributed by atoms with Crippen LogP contribution in [0.15, 0.2) is 60.8 Å². The number of carbonyl (C=O) groups excluding carboxylic acids is 1. The lowest BCUT2D eigenvalue weighted by Crippen LogP contribution is -2.38. The minimum Gasteiger partial charge on any atom is -0.268 e. The van der Waals surface area contributed by atoms with Gasteiger partial charge in [0, 0.05) is 11.6 Å². The second-order valence-corrected chi connectivity index (χ2v) is 8.39. The van der Waals surface area contributed by atoms with Crippen LogP contribution in [-0.4, -0.2) is 29.9 Å². The summed E-state index contributed by atoms with van der Waals surface area (Å²) in [4.78, 5) is 17.4. The topological polar surface area (TPSA) is 67.3 Å². The molecule has 0 spiro atoms. The zero-order chi connectivity index (χ0) is 18.3. The average molecular weight is 366 g/mol. The number of rotatable bonds is 3. The Labute approximate surface area is 152 Å². The lowest BCUT2D eigenvalue weighted by Gasteiger charge is -2.27. The summed E-state index contributed by atoms with van der Waals surface area (Å²) in [5, 5.41) is 0.804. The van der Waals surface area contributed by atoms with Crippen molar-refractivity contribution in [2.45, 2.75) is 18.9 Å². The van der Waals surface area contributed by atoms with Gasteiger partial charge in [-0.05, 0) is 36.1 Å². The van der Waals surface area contributed by atoms with Gasteiger partial charge in [0.15, 0.2) is 0 Å². The molecule has 2 aromatic carbocycles. The van der Waals surface area contributed by atoms with Gasteiger partial charge >= 0.3 is 0 Å². The van der Waals surface area contributed by atoms with Gasteiger partial charge in [-0.1, -0.05) is 42.5 Å². The molecule has 1 heterocycles. The van der Waals surface area contributed by atoms with Crippen LogP contribution in [-0.2, 0) is 16.4 Å². The highest BCUT2D eigenvalue weighted by Crippen LogP contribution is 2.37. The Hall–Kier alpha value is -2.73. The number of aryl methyl sites for hydroxylation is 1. The molecule has 26 heavy (non-hydrogen) atoms. The Morgan fingerprint density at radius 3 is 2.65 bits per heavy atom. The summed E-state index contributed by atoms with van der Waals surface area (Å²) >= 11 is 0. The van der Waals surface area contributed by atoms with Gasteiger partial charge in [0.2, 0.25) is 10.0 Å². The van der Waals surface area contributed by atoms with Gasteiger partial charge in [-0.3, -0.25) is 9.78 Å². The van der Waals surface area contributed by atoms with E-state index in [1.165, 1.54) is 6.20 Å². The first-order valence-electron chi connectivity index (χ1n) is 8.41. The number of amides is 1. The third kappa shape index (κ3) is 2.86. The largest absolute Gasteiger partial charge is 0.269 e. The summed E-state index contributed by atoms with van der Waals surface area (Å²) < 4.78 is 26.0. The van der Waals surface area contributed by atoms with Crippen molar-refractivity contribution in [3.63, 3.8) is 0 Å². The number of hydrogen-bond acceptors (Lipinski definition) is 4. The molecule has 1 unspecified atom stereocenters. The van der Waals surface area contributed by atoms with Crippen LogP contribution in [0.3, 0.4) is 0 Å². The quantitative estimate of drug-likeness (QED) is 0.713. The van der Waals surface area contributed by atoms with E-state index in [0.29, 0.717) is 6.42 Å². The Morgan fingerprint density at radius 2 is 1.85 bits per heavy atom. The number of pyridine rings is 1. The molecule has 1 aliphatic rings. The molecule has 0 fully saturated rings. The summed E-state index contributed by atoms with van der Waals surface area (Å²) in [7, 11) is -3.74. The van der Waals surface area contributed by atoms with Gasteiger partial charge in [-0.2, -0.15) is 0 Å². The second kappa shape index (κ2) is 6.21. The normalized spacial score (nSPS) is 16.4. The Balaban J connectivity index is 1.79. The van der Waals surface area contributed by atoms with Gasteiger partial charge in [-0.25, -0.2) is 12.7 Å². The van der Waals surface area contributed by atoms with Gasteiger partial charge < -0.3 is 0 Å². The van der Waals surface area contributed by atoms with E-state index in [1.54, 1.807) is 6.07 Å². The monoisotopic (exact) mass is 366 g/mol. The molecule has 0 N–H and O–H groups in total. The minimum atomic E-state index is -3.74. The smallest absolute Gasteiger partial charge is 0.268 e. The maximum Gasteiger partial charge on any atom is 0.269 e. The molecule has 1 aliphatic carbocycles. The Bertz CT molecular complexity index is 1110. The third-order valence-corrected chi connectivity index (χ3v) is 5.91. The predicted molar refractivity (Wildman–Crippen MR) is 100 cm³/mol. The fraction of sp³-hybridized carbons (Fsp3) is 0.200. The standard InChI is InChI=1S/C20H18N2O3S/c1-26(24,25)22(19-11-10-14-6-2-4-8-17(14)19)20(23)16-12-15-7-3-5-9-18(15)21-13-16/h2-9,12-13,19H,10-11H2,1H3. The molecule has 1 aromatic heterocycles. The molecule has 4 rings (SSSR count). The SMILES string of the molecule is CS(=O)(=O)N(C(=O)c1cnc2ccccc2c1)C1CCc2ccccc21. The molecule has 5 nitrogen and oxygen atoms in total. The van der Waals surface area contributed by atoms with Crippen molar-refractivity contribution >= 4 is 26.8 Å². The first kappa shape index (κ1) is 16.7.